The first-order chi connectivity index (χ1) is 12.0. The van der Waals surface area contributed by atoms with Gasteiger partial charge in [-0.05, 0) is 31.2 Å². The highest BCUT2D eigenvalue weighted by Crippen LogP contribution is 2.40. The van der Waals surface area contributed by atoms with E-state index in [1.54, 1.807) is 43.3 Å². The lowest BCUT2D eigenvalue weighted by atomic mass is 10.2. The second-order valence-corrected chi connectivity index (χ2v) is 5.71. The Hall–Kier alpha value is -2.60. The molecule has 1 atom stereocenters. The maximum atomic E-state index is 12.3. The first-order valence-corrected chi connectivity index (χ1v) is 7.99. The summed E-state index contributed by atoms with van der Waals surface area (Å²) in [7, 11) is 4.62. The Labute approximate surface area is 152 Å². The Morgan fingerprint density at radius 2 is 1.52 bits per heavy atom. The molecule has 2 N–H and O–H groups in total. The molecule has 0 heterocycles. The fraction of sp³-hybridized carbons (Fsp3) is 0.278. The van der Waals surface area contributed by atoms with Crippen molar-refractivity contribution < 1.29 is 19.0 Å². The number of hydrogen-bond donors (Lipinski definition) is 2. The van der Waals surface area contributed by atoms with Gasteiger partial charge in [0.05, 0.1) is 21.3 Å². The predicted octanol–water partition coefficient (Wildman–Crippen LogP) is 3.80. The van der Waals surface area contributed by atoms with Gasteiger partial charge < -0.3 is 24.8 Å². The molecule has 0 bridgehead atoms. The molecule has 0 unspecified atom stereocenters. The Bertz CT molecular complexity index is 709. The molecule has 7 heteroatoms. The highest BCUT2D eigenvalue weighted by atomic mass is 35.5. The van der Waals surface area contributed by atoms with E-state index in [0.29, 0.717) is 33.6 Å². The van der Waals surface area contributed by atoms with Gasteiger partial charge in [-0.15, -0.1) is 0 Å². The summed E-state index contributed by atoms with van der Waals surface area (Å²) in [5.41, 5.74) is 1.35. The molecule has 0 aliphatic carbocycles. The Kier molecular flexibility index (Phi) is 6.36. The maximum Gasteiger partial charge on any atom is 0.246 e. The van der Waals surface area contributed by atoms with Crippen LogP contribution >= 0.6 is 11.6 Å². The minimum atomic E-state index is -0.488. The van der Waals surface area contributed by atoms with Gasteiger partial charge in [-0.25, -0.2) is 0 Å². The normalized spacial score (nSPS) is 11.4. The van der Waals surface area contributed by atoms with Gasteiger partial charge in [0, 0.05) is 28.5 Å². The van der Waals surface area contributed by atoms with Gasteiger partial charge in [-0.3, -0.25) is 4.79 Å². The molecular weight excluding hydrogens is 344 g/mol. The average Bonchev–Trinajstić information content (AvgIpc) is 2.62. The smallest absolute Gasteiger partial charge is 0.246 e. The molecule has 0 spiro atoms. The van der Waals surface area contributed by atoms with Crippen molar-refractivity contribution in [2.45, 2.75) is 13.0 Å². The highest BCUT2D eigenvalue weighted by molar-refractivity contribution is 6.30. The third kappa shape index (κ3) is 4.70. The SMILES string of the molecule is COc1cc(N[C@@H](C)C(=O)Nc2ccc(Cl)cc2)cc(OC)c1OC. The van der Waals surface area contributed by atoms with Crippen LogP contribution in [0, 0.1) is 0 Å². The van der Waals surface area contributed by atoms with Gasteiger partial charge in [-0.1, -0.05) is 11.6 Å². The lowest BCUT2D eigenvalue weighted by molar-refractivity contribution is -0.116. The van der Waals surface area contributed by atoms with E-state index in [9.17, 15) is 4.79 Å². The first kappa shape index (κ1) is 18.7. The van der Waals surface area contributed by atoms with Crippen LogP contribution in [0.15, 0.2) is 36.4 Å². The van der Waals surface area contributed by atoms with Gasteiger partial charge in [0.25, 0.3) is 0 Å². The lowest BCUT2D eigenvalue weighted by Crippen LogP contribution is -2.31. The molecule has 0 saturated carbocycles. The Morgan fingerprint density at radius 1 is 0.960 bits per heavy atom. The van der Waals surface area contributed by atoms with E-state index < -0.39 is 6.04 Å². The molecule has 2 aromatic rings. The quantitative estimate of drug-likeness (QED) is 0.782. The predicted molar refractivity (Wildman–Crippen MR) is 99.3 cm³/mol. The number of anilines is 2. The second kappa shape index (κ2) is 8.48. The minimum absolute atomic E-state index is 0.184. The number of nitrogens with one attached hydrogen (secondary N) is 2. The number of ether oxygens (including phenoxy) is 3. The van der Waals surface area contributed by atoms with Gasteiger partial charge in [-0.2, -0.15) is 0 Å². The van der Waals surface area contributed by atoms with Gasteiger partial charge in [0.15, 0.2) is 11.5 Å². The van der Waals surface area contributed by atoms with Crippen molar-refractivity contribution >= 4 is 28.9 Å². The summed E-state index contributed by atoms with van der Waals surface area (Å²) in [6.45, 7) is 1.76. The molecule has 0 aromatic heterocycles. The van der Waals surface area contributed by atoms with Crippen LogP contribution in [-0.4, -0.2) is 33.3 Å². The molecule has 2 rings (SSSR count). The molecule has 1 amide bonds. The number of rotatable bonds is 7. The number of halogens is 1. The van der Waals surface area contributed by atoms with Crippen molar-refractivity contribution in [1.29, 1.82) is 0 Å². The largest absolute Gasteiger partial charge is 0.493 e. The Morgan fingerprint density at radius 3 is 2.00 bits per heavy atom. The summed E-state index contributed by atoms with van der Waals surface area (Å²) < 4.78 is 15.9. The van der Waals surface area contributed by atoms with Crippen LogP contribution in [0.25, 0.3) is 0 Å². The van der Waals surface area contributed by atoms with Gasteiger partial charge in [0.2, 0.25) is 11.7 Å². The zero-order valence-corrected chi connectivity index (χ0v) is 15.3. The monoisotopic (exact) mass is 364 g/mol. The standard InChI is InChI=1S/C18H21ClN2O4/c1-11(18(22)21-13-7-5-12(19)6-8-13)20-14-9-15(23-2)17(25-4)16(10-14)24-3/h5-11,20H,1-4H3,(H,21,22)/t11-/m0/s1. The van der Waals surface area contributed by atoms with Crippen molar-refractivity contribution in [3.63, 3.8) is 0 Å². The molecule has 0 saturated heterocycles. The van der Waals surface area contributed by atoms with E-state index in [1.165, 1.54) is 21.3 Å². The maximum absolute atomic E-state index is 12.3. The van der Waals surface area contributed by atoms with E-state index >= 15 is 0 Å². The number of hydrogen-bond acceptors (Lipinski definition) is 5. The van der Waals surface area contributed by atoms with Gasteiger partial charge >= 0.3 is 0 Å². The molecule has 0 fully saturated rings. The third-order valence-electron chi connectivity index (χ3n) is 3.55. The molecule has 0 aliphatic heterocycles. The summed E-state index contributed by atoms with van der Waals surface area (Å²) in [6.07, 6.45) is 0. The average molecular weight is 365 g/mol. The molecule has 2 aromatic carbocycles. The summed E-state index contributed by atoms with van der Waals surface area (Å²) in [5.74, 6) is 1.33. The van der Waals surface area contributed by atoms with Crippen LogP contribution < -0.4 is 24.8 Å². The fourth-order valence-electron chi connectivity index (χ4n) is 2.26. The van der Waals surface area contributed by atoms with E-state index in [4.69, 9.17) is 25.8 Å². The van der Waals surface area contributed by atoms with Crippen molar-refractivity contribution in [2.75, 3.05) is 32.0 Å². The highest BCUT2D eigenvalue weighted by Gasteiger charge is 2.17. The molecule has 6 nitrogen and oxygen atoms in total. The minimum Gasteiger partial charge on any atom is -0.493 e. The van der Waals surface area contributed by atoms with Crippen molar-refractivity contribution in [3.05, 3.63) is 41.4 Å². The third-order valence-corrected chi connectivity index (χ3v) is 3.80. The van der Waals surface area contributed by atoms with Gasteiger partial charge in [0.1, 0.15) is 6.04 Å². The lowest BCUT2D eigenvalue weighted by Gasteiger charge is -2.18. The number of amides is 1. The number of carbonyl (C=O) groups excluding carboxylic acids is 1. The van der Waals surface area contributed by atoms with Crippen LogP contribution in [0.5, 0.6) is 17.2 Å². The summed E-state index contributed by atoms with van der Waals surface area (Å²) in [6, 6.07) is 9.92. The molecular formula is C18H21ClN2O4. The second-order valence-electron chi connectivity index (χ2n) is 5.28. The summed E-state index contributed by atoms with van der Waals surface area (Å²) in [5, 5.41) is 6.55. The van der Waals surface area contributed by atoms with E-state index in [0.717, 1.165) is 0 Å². The fourth-order valence-corrected chi connectivity index (χ4v) is 2.39. The van der Waals surface area contributed by atoms with E-state index in [2.05, 4.69) is 10.6 Å². The topological polar surface area (TPSA) is 68.8 Å². The summed E-state index contributed by atoms with van der Waals surface area (Å²) in [4.78, 5) is 12.3. The zero-order valence-electron chi connectivity index (χ0n) is 14.6. The Balaban J connectivity index is 2.12. The van der Waals surface area contributed by atoms with Crippen LogP contribution in [0.1, 0.15) is 6.92 Å². The molecule has 134 valence electrons. The number of benzene rings is 2. The molecule has 0 radical (unpaired) electrons. The molecule has 0 aliphatic rings. The summed E-state index contributed by atoms with van der Waals surface area (Å²) >= 11 is 5.84. The van der Waals surface area contributed by atoms with Crippen LogP contribution in [0.4, 0.5) is 11.4 Å². The van der Waals surface area contributed by atoms with Crippen LogP contribution in [0.2, 0.25) is 5.02 Å². The zero-order chi connectivity index (χ0) is 18.4. The van der Waals surface area contributed by atoms with Crippen molar-refractivity contribution in [1.82, 2.24) is 0 Å². The van der Waals surface area contributed by atoms with Crippen molar-refractivity contribution in [2.24, 2.45) is 0 Å². The molecule has 25 heavy (non-hydrogen) atoms. The van der Waals surface area contributed by atoms with Crippen molar-refractivity contribution in [3.8, 4) is 17.2 Å². The van der Waals surface area contributed by atoms with E-state index in [1.807, 2.05) is 0 Å². The number of methoxy groups -OCH3 is 3. The van der Waals surface area contributed by atoms with E-state index in [-0.39, 0.29) is 5.91 Å². The van der Waals surface area contributed by atoms with Crippen LogP contribution in [-0.2, 0) is 4.79 Å². The number of carbonyl (C=O) groups is 1. The van der Waals surface area contributed by atoms with Crippen LogP contribution in [0.3, 0.4) is 0 Å². The first-order valence-electron chi connectivity index (χ1n) is 7.61.